The van der Waals surface area contributed by atoms with E-state index in [-0.39, 0.29) is 19.6 Å². The monoisotopic (exact) mass is 269 g/mol. The number of morpholine rings is 1. The van der Waals surface area contributed by atoms with Gasteiger partial charge in [0.15, 0.2) is 0 Å². The van der Waals surface area contributed by atoms with Gasteiger partial charge in [-0.25, -0.2) is 9.78 Å². The van der Waals surface area contributed by atoms with E-state index in [0.717, 1.165) is 0 Å². The number of nitrogens with zero attached hydrogens (tertiary/aromatic N) is 2. The van der Waals surface area contributed by atoms with E-state index in [1.807, 2.05) is 4.90 Å². The third-order valence-corrected chi connectivity index (χ3v) is 2.59. The van der Waals surface area contributed by atoms with Gasteiger partial charge in [0.25, 0.3) is 5.56 Å². The van der Waals surface area contributed by atoms with Crippen LogP contribution in [0.5, 0.6) is 0 Å². The molecule has 2 heterocycles. The zero-order valence-electron chi connectivity index (χ0n) is 10.1. The SMILES string of the molecule is C.CCOC(=O)c1cnc(N2CCOCC2)[nH]c1=O. The minimum absolute atomic E-state index is 0. The van der Waals surface area contributed by atoms with Gasteiger partial charge in [0.1, 0.15) is 5.56 Å². The number of esters is 1. The summed E-state index contributed by atoms with van der Waals surface area (Å²) >= 11 is 0. The molecule has 0 atom stereocenters. The van der Waals surface area contributed by atoms with Gasteiger partial charge in [-0.1, -0.05) is 7.43 Å². The average Bonchev–Trinajstić information content (AvgIpc) is 2.40. The van der Waals surface area contributed by atoms with Gasteiger partial charge in [-0.15, -0.1) is 0 Å². The third kappa shape index (κ3) is 3.54. The van der Waals surface area contributed by atoms with Gasteiger partial charge < -0.3 is 14.4 Å². The molecule has 1 aromatic heterocycles. The Morgan fingerprint density at radius 1 is 1.53 bits per heavy atom. The maximum absolute atomic E-state index is 11.7. The first-order valence-corrected chi connectivity index (χ1v) is 5.81. The molecule has 0 aromatic carbocycles. The summed E-state index contributed by atoms with van der Waals surface area (Å²) in [6.07, 6.45) is 1.25. The number of anilines is 1. The number of ether oxygens (including phenoxy) is 2. The Kier molecular flexibility index (Phi) is 5.50. The van der Waals surface area contributed by atoms with E-state index < -0.39 is 11.5 Å². The van der Waals surface area contributed by atoms with E-state index in [4.69, 9.17) is 9.47 Å². The molecule has 1 N–H and O–H groups in total. The number of nitrogens with one attached hydrogen (secondary N) is 1. The van der Waals surface area contributed by atoms with Crippen LogP contribution in [0.2, 0.25) is 0 Å². The second-order valence-corrected chi connectivity index (χ2v) is 3.77. The van der Waals surface area contributed by atoms with Crippen molar-refractivity contribution in [2.45, 2.75) is 14.4 Å². The zero-order chi connectivity index (χ0) is 13.0. The van der Waals surface area contributed by atoms with Crippen molar-refractivity contribution in [1.82, 2.24) is 9.97 Å². The largest absolute Gasteiger partial charge is 0.462 e. The molecule has 1 aromatic rings. The van der Waals surface area contributed by atoms with Gasteiger partial charge in [0.2, 0.25) is 5.95 Å². The summed E-state index contributed by atoms with van der Waals surface area (Å²) in [7, 11) is 0. The minimum atomic E-state index is -0.653. The highest BCUT2D eigenvalue weighted by Gasteiger charge is 2.17. The lowest BCUT2D eigenvalue weighted by atomic mass is 10.3. The van der Waals surface area contributed by atoms with Crippen LogP contribution in [-0.2, 0) is 9.47 Å². The molecule has 0 bridgehead atoms. The first-order valence-electron chi connectivity index (χ1n) is 5.81. The van der Waals surface area contributed by atoms with E-state index in [1.54, 1.807) is 6.92 Å². The van der Waals surface area contributed by atoms with Crippen molar-refractivity contribution in [3.63, 3.8) is 0 Å². The van der Waals surface area contributed by atoms with E-state index >= 15 is 0 Å². The van der Waals surface area contributed by atoms with Crippen LogP contribution >= 0.6 is 0 Å². The second-order valence-electron chi connectivity index (χ2n) is 3.77. The number of H-pyrrole nitrogens is 1. The molecule has 0 amide bonds. The Balaban J connectivity index is 0.00000180. The van der Waals surface area contributed by atoms with Gasteiger partial charge in [0.05, 0.1) is 26.0 Å². The maximum atomic E-state index is 11.7. The Morgan fingerprint density at radius 3 is 2.79 bits per heavy atom. The number of carbonyl (C=O) groups is 1. The van der Waals surface area contributed by atoms with E-state index in [2.05, 4.69) is 9.97 Å². The van der Waals surface area contributed by atoms with Crippen LogP contribution in [-0.4, -0.2) is 48.8 Å². The highest BCUT2D eigenvalue weighted by Crippen LogP contribution is 2.07. The topological polar surface area (TPSA) is 84.5 Å². The van der Waals surface area contributed by atoms with Gasteiger partial charge in [-0.3, -0.25) is 9.78 Å². The molecule has 19 heavy (non-hydrogen) atoms. The van der Waals surface area contributed by atoms with Gasteiger partial charge in [0, 0.05) is 13.1 Å². The predicted molar refractivity (Wildman–Crippen MR) is 70.6 cm³/mol. The standard InChI is InChI=1S/C11H15N3O4.CH4/c1-2-18-10(16)8-7-12-11(13-9(8)15)14-3-5-17-6-4-14;/h7H,2-6H2,1H3,(H,12,13,15);1H4. The second kappa shape index (κ2) is 6.89. The molecule has 0 saturated carbocycles. The molecule has 1 saturated heterocycles. The van der Waals surface area contributed by atoms with Gasteiger partial charge in [-0.2, -0.15) is 0 Å². The molecule has 0 aliphatic carbocycles. The van der Waals surface area contributed by atoms with Crippen molar-refractivity contribution < 1.29 is 14.3 Å². The zero-order valence-corrected chi connectivity index (χ0v) is 10.1. The van der Waals surface area contributed by atoms with Crippen LogP contribution in [0.1, 0.15) is 24.7 Å². The number of hydrogen-bond donors (Lipinski definition) is 1. The summed E-state index contributed by atoms with van der Waals surface area (Å²) in [5.74, 6) is -0.198. The van der Waals surface area contributed by atoms with E-state index in [0.29, 0.717) is 32.3 Å². The number of rotatable bonds is 3. The average molecular weight is 269 g/mol. The Bertz CT molecular complexity index is 480. The molecule has 1 fully saturated rings. The maximum Gasteiger partial charge on any atom is 0.345 e. The molecule has 7 nitrogen and oxygen atoms in total. The summed E-state index contributed by atoms with van der Waals surface area (Å²) in [6.45, 7) is 4.45. The van der Waals surface area contributed by atoms with Crippen LogP contribution in [0.25, 0.3) is 0 Å². The molecular formula is C12H19N3O4. The van der Waals surface area contributed by atoms with Crippen molar-refractivity contribution in [3.8, 4) is 0 Å². The summed E-state index contributed by atoms with van der Waals surface area (Å²) < 4.78 is 9.97. The Morgan fingerprint density at radius 2 is 2.21 bits per heavy atom. The first-order chi connectivity index (χ1) is 8.72. The molecule has 0 spiro atoms. The molecule has 0 radical (unpaired) electrons. The molecule has 0 unspecified atom stereocenters. The van der Waals surface area contributed by atoms with Crippen molar-refractivity contribution in [3.05, 3.63) is 22.1 Å². The normalized spacial score (nSPS) is 14.7. The van der Waals surface area contributed by atoms with Crippen LogP contribution < -0.4 is 10.5 Å². The lowest BCUT2D eigenvalue weighted by Gasteiger charge is -2.26. The predicted octanol–water partition coefficient (Wildman–Crippen LogP) is 0.419. The lowest BCUT2D eigenvalue weighted by molar-refractivity contribution is 0.0523. The Labute approximate surface area is 111 Å². The number of carbonyl (C=O) groups excluding carboxylic acids is 1. The van der Waals surface area contributed by atoms with Crippen LogP contribution in [0.4, 0.5) is 5.95 Å². The van der Waals surface area contributed by atoms with Crippen molar-refractivity contribution in [2.24, 2.45) is 0 Å². The number of aromatic amines is 1. The lowest BCUT2D eigenvalue weighted by Crippen LogP contribution is -2.38. The van der Waals surface area contributed by atoms with Crippen molar-refractivity contribution in [1.29, 1.82) is 0 Å². The summed E-state index contributed by atoms with van der Waals surface area (Å²) in [5.41, 5.74) is -0.557. The highest BCUT2D eigenvalue weighted by atomic mass is 16.5. The Hall–Kier alpha value is -1.89. The van der Waals surface area contributed by atoms with Gasteiger partial charge >= 0.3 is 5.97 Å². The molecule has 2 rings (SSSR count). The summed E-state index contributed by atoms with van der Waals surface area (Å²) in [4.78, 5) is 31.8. The molecule has 1 aliphatic heterocycles. The first kappa shape index (κ1) is 15.2. The fraction of sp³-hybridized carbons (Fsp3) is 0.583. The molecule has 106 valence electrons. The fourth-order valence-electron chi connectivity index (χ4n) is 1.68. The van der Waals surface area contributed by atoms with Crippen LogP contribution in [0.3, 0.4) is 0 Å². The number of hydrogen-bond acceptors (Lipinski definition) is 6. The van der Waals surface area contributed by atoms with Crippen molar-refractivity contribution in [2.75, 3.05) is 37.8 Å². The molecule has 7 heteroatoms. The quantitative estimate of drug-likeness (QED) is 0.800. The van der Waals surface area contributed by atoms with E-state index in [9.17, 15) is 9.59 Å². The van der Waals surface area contributed by atoms with Crippen molar-refractivity contribution >= 4 is 11.9 Å². The highest BCUT2D eigenvalue weighted by molar-refractivity contribution is 5.88. The van der Waals surface area contributed by atoms with Crippen LogP contribution in [0.15, 0.2) is 11.0 Å². The molecular weight excluding hydrogens is 250 g/mol. The third-order valence-electron chi connectivity index (χ3n) is 2.59. The van der Waals surface area contributed by atoms with Gasteiger partial charge in [-0.05, 0) is 6.92 Å². The summed E-state index contributed by atoms with van der Waals surface area (Å²) in [5, 5.41) is 0. The fourth-order valence-corrected chi connectivity index (χ4v) is 1.68. The molecule has 1 aliphatic rings. The van der Waals surface area contributed by atoms with Crippen LogP contribution in [0, 0.1) is 0 Å². The smallest absolute Gasteiger partial charge is 0.345 e. The van der Waals surface area contributed by atoms with E-state index in [1.165, 1.54) is 6.20 Å². The summed E-state index contributed by atoms with van der Waals surface area (Å²) in [6, 6.07) is 0. The minimum Gasteiger partial charge on any atom is -0.462 e. The number of aromatic nitrogens is 2.